The zero-order valence-electron chi connectivity index (χ0n) is 10.0. The van der Waals surface area contributed by atoms with Crippen LogP contribution in [0.2, 0.25) is 0 Å². The molecule has 3 heteroatoms. The first-order valence-electron chi connectivity index (χ1n) is 6.24. The Morgan fingerprint density at radius 3 is 2.53 bits per heavy atom. The Hall–Kier alpha value is -1.19. The number of carbonyl (C=O) groups is 1. The lowest BCUT2D eigenvalue weighted by molar-refractivity contribution is -0.124. The van der Waals surface area contributed by atoms with Crippen LogP contribution in [0.25, 0.3) is 0 Å². The Balaban J connectivity index is 1.82. The molecule has 1 aromatic carbocycles. The van der Waals surface area contributed by atoms with Crippen LogP contribution in [-0.4, -0.2) is 11.8 Å². The molecule has 0 atom stereocenters. The number of hydrogen-bond acceptors (Lipinski definition) is 3. The molecular weight excluding hydrogens is 214 g/mol. The number of benzene rings is 1. The molecule has 0 aromatic heterocycles. The maximum absolute atomic E-state index is 11.2. The number of carbonyl (C=O) groups excluding carboxylic acids is 1. The molecule has 1 fully saturated rings. The van der Waals surface area contributed by atoms with Gasteiger partial charge in [0.1, 0.15) is 6.29 Å². The van der Waals surface area contributed by atoms with E-state index in [0.29, 0.717) is 6.61 Å². The highest BCUT2D eigenvalue weighted by Crippen LogP contribution is 2.26. The zero-order chi connectivity index (χ0) is 12.0. The highest BCUT2D eigenvalue weighted by molar-refractivity contribution is 5.64. The van der Waals surface area contributed by atoms with E-state index < -0.39 is 5.54 Å². The van der Waals surface area contributed by atoms with Crippen molar-refractivity contribution in [3.05, 3.63) is 35.9 Å². The molecule has 0 bridgehead atoms. The third kappa shape index (κ3) is 3.38. The average Bonchev–Trinajstić information content (AvgIpc) is 2.41. The van der Waals surface area contributed by atoms with Crippen molar-refractivity contribution >= 4 is 6.29 Å². The fourth-order valence-corrected chi connectivity index (χ4v) is 2.26. The van der Waals surface area contributed by atoms with Gasteiger partial charge in [0.25, 0.3) is 0 Å². The summed E-state index contributed by atoms with van der Waals surface area (Å²) in [6, 6.07) is 9.96. The van der Waals surface area contributed by atoms with Gasteiger partial charge in [0.2, 0.25) is 0 Å². The third-order valence-electron chi connectivity index (χ3n) is 3.33. The van der Waals surface area contributed by atoms with Gasteiger partial charge in [0, 0.05) is 0 Å². The second-order valence-electron chi connectivity index (χ2n) is 4.71. The number of hydrogen-bond donors (Lipinski definition) is 1. The highest BCUT2D eigenvalue weighted by Gasteiger charge is 2.31. The van der Waals surface area contributed by atoms with Gasteiger partial charge in [-0.2, -0.15) is 5.48 Å². The molecular formula is C14H19NO2. The molecule has 1 aliphatic rings. The molecule has 0 aliphatic heterocycles. The molecule has 0 radical (unpaired) electrons. The van der Waals surface area contributed by atoms with Crippen LogP contribution >= 0.6 is 0 Å². The summed E-state index contributed by atoms with van der Waals surface area (Å²) >= 11 is 0. The highest BCUT2D eigenvalue weighted by atomic mass is 16.6. The molecule has 0 amide bonds. The van der Waals surface area contributed by atoms with Crippen molar-refractivity contribution in [3.63, 3.8) is 0 Å². The van der Waals surface area contributed by atoms with Crippen LogP contribution in [0.5, 0.6) is 0 Å². The lowest BCUT2D eigenvalue weighted by Gasteiger charge is -2.32. The average molecular weight is 233 g/mol. The van der Waals surface area contributed by atoms with E-state index in [9.17, 15) is 4.79 Å². The van der Waals surface area contributed by atoms with Crippen molar-refractivity contribution in [2.75, 3.05) is 0 Å². The minimum Gasteiger partial charge on any atom is -0.301 e. The zero-order valence-corrected chi connectivity index (χ0v) is 10.0. The van der Waals surface area contributed by atoms with Gasteiger partial charge < -0.3 is 4.79 Å². The SMILES string of the molecule is O=CC1(NOCc2ccccc2)CCCCC1. The van der Waals surface area contributed by atoms with E-state index in [4.69, 9.17) is 4.84 Å². The Bertz CT molecular complexity index is 344. The van der Waals surface area contributed by atoms with Crippen LogP contribution in [0, 0.1) is 0 Å². The van der Waals surface area contributed by atoms with Gasteiger partial charge in [-0.1, -0.05) is 49.6 Å². The van der Waals surface area contributed by atoms with Crippen LogP contribution in [-0.2, 0) is 16.2 Å². The van der Waals surface area contributed by atoms with Gasteiger partial charge >= 0.3 is 0 Å². The van der Waals surface area contributed by atoms with E-state index in [0.717, 1.165) is 37.5 Å². The van der Waals surface area contributed by atoms with E-state index >= 15 is 0 Å². The smallest absolute Gasteiger partial charge is 0.142 e. The lowest BCUT2D eigenvalue weighted by Crippen LogP contribution is -2.48. The van der Waals surface area contributed by atoms with Gasteiger partial charge in [-0.05, 0) is 18.4 Å². The number of nitrogens with one attached hydrogen (secondary N) is 1. The monoisotopic (exact) mass is 233 g/mol. The molecule has 0 heterocycles. The summed E-state index contributed by atoms with van der Waals surface area (Å²) in [5.74, 6) is 0. The van der Waals surface area contributed by atoms with Crippen LogP contribution < -0.4 is 5.48 Å². The van der Waals surface area contributed by atoms with Crippen LogP contribution in [0.4, 0.5) is 0 Å². The second kappa shape index (κ2) is 5.94. The molecule has 0 spiro atoms. The van der Waals surface area contributed by atoms with E-state index in [2.05, 4.69) is 5.48 Å². The summed E-state index contributed by atoms with van der Waals surface area (Å²) in [6.07, 6.45) is 6.19. The molecule has 1 aromatic rings. The molecule has 1 aliphatic carbocycles. The predicted octanol–water partition coefficient (Wildman–Crippen LogP) is 2.61. The van der Waals surface area contributed by atoms with Gasteiger partial charge in [-0.15, -0.1) is 0 Å². The van der Waals surface area contributed by atoms with E-state index in [1.807, 2.05) is 30.3 Å². The fourth-order valence-electron chi connectivity index (χ4n) is 2.26. The molecule has 92 valence electrons. The summed E-state index contributed by atoms with van der Waals surface area (Å²) in [4.78, 5) is 16.7. The Morgan fingerprint density at radius 2 is 1.88 bits per heavy atom. The summed E-state index contributed by atoms with van der Waals surface area (Å²) in [5.41, 5.74) is 3.62. The molecule has 1 N–H and O–H groups in total. The lowest BCUT2D eigenvalue weighted by atomic mass is 9.84. The quantitative estimate of drug-likeness (QED) is 0.627. The number of rotatable bonds is 5. The van der Waals surface area contributed by atoms with Crippen molar-refractivity contribution in [1.82, 2.24) is 5.48 Å². The first kappa shape index (κ1) is 12.3. The van der Waals surface area contributed by atoms with Gasteiger partial charge in [0.05, 0.1) is 12.1 Å². The van der Waals surface area contributed by atoms with Crippen LogP contribution in [0.3, 0.4) is 0 Å². The second-order valence-corrected chi connectivity index (χ2v) is 4.71. The van der Waals surface area contributed by atoms with Crippen LogP contribution in [0.15, 0.2) is 30.3 Å². The molecule has 0 saturated heterocycles. The van der Waals surface area contributed by atoms with Crippen molar-refractivity contribution in [1.29, 1.82) is 0 Å². The Kier molecular flexibility index (Phi) is 4.29. The maximum atomic E-state index is 11.2. The molecule has 3 nitrogen and oxygen atoms in total. The summed E-state index contributed by atoms with van der Waals surface area (Å²) in [6.45, 7) is 0.496. The van der Waals surface area contributed by atoms with Crippen molar-refractivity contribution < 1.29 is 9.63 Å². The van der Waals surface area contributed by atoms with Crippen molar-refractivity contribution in [2.45, 2.75) is 44.2 Å². The number of hydroxylamine groups is 1. The first-order chi connectivity index (χ1) is 8.35. The van der Waals surface area contributed by atoms with Gasteiger partial charge in [0.15, 0.2) is 0 Å². The molecule has 17 heavy (non-hydrogen) atoms. The van der Waals surface area contributed by atoms with E-state index in [-0.39, 0.29) is 0 Å². The summed E-state index contributed by atoms with van der Waals surface area (Å²) in [5, 5.41) is 0. The third-order valence-corrected chi connectivity index (χ3v) is 3.33. The van der Waals surface area contributed by atoms with Crippen molar-refractivity contribution in [2.24, 2.45) is 0 Å². The van der Waals surface area contributed by atoms with Crippen molar-refractivity contribution in [3.8, 4) is 0 Å². The summed E-state index contributed by atoms with van der Waals surface area (Å²) < 4.78 is 0. The predicted molar refractivity (Wildman–Crippen MR) is 66.2 cm³/mol. The largest absolute Gasteiger partial charge is 0.301 e. The number of aldehydes is 1. The normalized spacial score (nSPS) is 18.8. The molecule has 0 unspecified atom stereocenters. The Morgan fingerprint density at radius 1 is 1.18 bits per heavy atom. The van der Waals surface area contributed by atoms with Gasteiger partial charge in [-0.25, -0.2) is 0 Å². The molecule has 2 rings (SSSR count). The fraction of sp³-hybridized carbons (Fsp3) is 0.500. The maximum Gasteiger partial charge on any atom is 0.142 e. The van der Waals surface area contributed by atoms with E-state index in [1.54, 1.807) is 0 Å². The van der Waals surface area contributed by atoms with Gasteiger partial charge in [-0.3, -0.25) is 4.84 Å². The first-order valence-corrected chi connectivity index (χ1v) is 6.24. The Labute approximate surface area is 102 Å². The van der Waals surface area contributed by atoms with E-state index in [1.165, 1.54) is 6.42 Å². The molecule has 1 saturated carbocycles. The minimum absolute atomic E-state index is 0.451. The summed E-state index contributed by atoms with van der Waals surface area (Å²) in [7, 11) is 0. The topological polar surface area (TPSA) is 38.3 Å². The minimum atomic E-state index is -0.451. The van der Waals surface area contributed by atoms with Crippen LogP contribution in [0.1, 0.15) is 37.7 Å². The standard InChI is InChI=1S/C14H19NO2/c16-12-14(9-5-2-6-10-14)15-17-11-13-7-3-1-4-8-13/h1,3-4,7-8,12,15H,2,5-6,9-11H2.